The number of carbonyl (C=O) groups excluding carboxylic acids is 2. The van der Waals surface area contributed by atoms with E-state index in [-0.39, 0.29) is 24.2 Å². The number of nitro benzene ring substituents is 1. The van der Waals surface area contributed by atoms with Crippen molar-refractivity contribution in [3.8, 4) is 0 Å². The van der Waals surface area contributed by atoms with E-state index in [1.165, 1.54) is 29.5 Å². The van der Waals surface area contributed by atoms with Crippen LogP contribution in [0.1, 0.15) is 36.4 Å². The summed E-state index contributed by atoms with van der Waals surface area (Å²) in [6.07, 6.45) is 1.81. The average Bonchev–Trinajstić information content (AvgIpc) is 2.95. The first-order valence-corrected chi connectivity index (χ1v) is 8.36. The third-order valence-electron chi connectivity index (χ3n) is 3.38. The van der Waals surface area contributed by atoms with Gasteiger partial charge in [-0.25, -0.2) is 4.79 Å². The molecule has 1 aromatic carbocycles. The van der Waals surface area contributed by atoms with Crippen LogP contribution in [0.15, 0.2) is 24.3 Å². The lowest BCUT2D eigenvalue weighted by Gasteiger charge is -2.12. The van der Waals surface area contributed by atoms with Gasteiger partial charge in [0.2, 0.25) is 0 Å². The van der Waals surface area contributed by atoms with Crippen molar-refractivity contribution in [2.24, 2.45) is 0 Å². The van der Waals surface area contributed by atoms with Crippen molar-refractivity contribution < 1.29 is 19.2 Å². The molecule has 0 fully saturated rings. The number of amides is 1. The molecule has 0 aliphatic heterocycles. The molecular formula is C16H18N2O5S. The van der Waals surface area contributed by atoms with Gasteiger partial charge in [-0.3, -0.25) is 14.9 Å². The van der Waals surface area contributed by atoms with Crippen molar-refractivity contribution in [2.75, 3.05) is 6.61 Å². The summed E-state index contributed by atoms with van der Waals surface area (Å²) in [4.78, 5) is 34.3. The maximum absolute atomic E-state index is 12.0. The number of nitro groups is 1. The minimum Gasteiger partial charge on any atom is -0.451 e. The highest BCUT2D eigenvalue weighted by Crippen LogP contribution is 2.29. The predicted molar refractivity (Wildman–Crippen MR) is 91.3 cm³/mol. The van der Waals surface area contributed by atoms with Crippen LogP contribution in [-0.4, -0.2) is 29.4 Å². The zero-order chi connectivity index (χ0) is 17.7. The summed E-state index contributed by atoms with van der Waals surface area (Å²) in [5.41, 5.74) is -0.0375. The Morgan fingerprint density at radius 2 is 2.12 bits per heavy atom. The molecule has 1 unspecified atom stereocenters. The van der Waals surface area contributed by atoms with Crippen LogP contribution in [0.3, 0.4) is 0 Å². The number of hydrogen-bond acceptors (Lipinski definition) is 6. The first-order chi connectivity index (χ1) is 11.4. The summed E-state index contributed by atoms with van der Waals surface area (Å²) in [6.45, 7) is 3.57. The van der Waals surface area contributed by atoms with Gasteiger partial charge in [-0.1, -0.05) is 13.3 Å². The van der Waals surface area contributed by atoms with Gasteiger partial charge >= 0.3 is 5.97 Å². The van der Waals surface area contributed by atoms with Gasteiger partial charge in [-0.15, -0.1) is 11.3 Å². The lowest BCUT2D eigenvalue weighted by Crippen LogP contribution is -2.35. The van der Waals surface area contributed by atoms with Gasteiger partial charge in [0.05, 0.1) is 4.92 Å². The molecule has 1 heterocycles. The molecule has 24 heavy (non-hydrogen) atoms. The van der Waals surface area contributed by atoms with Gasteiger partial charge < -0.3 is 10.1 Å². The monoisotopic (exact) mass is 350 g/mol. The quantitative estimate of drug-likeness (QED) is 0.469. The molecule has 1 atom stereocenters. The standard InChI is InChI=1S/C16H18N2O5S/c1-3-4-10(2)17-15(19)9-23-16(20)14-8-11-7-12(18(21)22)5-6-13(11)24-14/h5-8,10H,3-4,9H2,1-2H3,(H,17,19). The van der Waals surface area contributed by atoms with E-state index in [9.17, 15) is 19.7 Å². The van der Waals surface area contributed by atoms with Gasteiger partial charge in [0.25, 0.3) is 11.6 Å². The van der Waals surface area contributed by atoms with E-state index in [2.05, 4.69) is 5.32 Å². The molecule has 0 spiro atoms. The lowest BCUT2D eigenvalue weighted by atomic mass is 10.2. The van der Waals surface area contributed by atoms with E-state index < -0.39 is 10.9 Å². The normalized spacial score (nSPS) is 11.9. The Bertz CT molecular complexity index is 771. The third-order valence-corrected chi connectivity index (χ3v) is 4.47. The Labute approximate surface area is 142 Å². The van der Waals surface area contributed by atoms with Gasteiger partial charge in [0, 0.05) is 28.3 Å². The van der Waals surface area contributed by atoms with E-state index in [0.29, 0.717) is 10.3 Å². The number of thiophene rings is 1. The largest absolute Gasteiger partial charge is 0.451 e. The molecule has 8 heteroatoms. The molecule has 0 radical (unpaired) electrons. The topological polar surface area (TPSA) is 98.5 Å². The highest BCUT2D eigenvalue weighted by atomic mass is 32.1. The summed E-state index contributed by atoms with van der Waals surface area (Å²) in [5, 5.41) is 14.1. The minimum absolute atomic E-state index is 0.0334. The number of carbonyl (C=O) groups is 2. The smallest absolute Gasteiger partial charge is 0.348 e. The maximum atomic E-state index is 12.0. The molecule has 0 aliphatic rings. The van der Waals surface area contributed by atoms with E-state index in [4.69, 9.17) is 4.74 Å². The van der Waals surface area contributed by atoms with Crippen LogP contribution in [0.2, 0.25) is 0 Å². The zero-order valence-electron chi connectivity index (χ0n) is 13.4. The van der Waals surface area contributed by atoms with Gasteiger partial charge in [0.1, 0.15) is 4.88 Å². The average molecular weight is 350 g/mol. The second kappa shape index (κ2) is 7.87. The van der Waals surface area contributed by atoms with Crippen LogP contribution >= 0.6 is 11.3 Å². The molecule has 1 amide bonds. The molecule has 0 aliphatic carbocycles. The summed E-state index contributed by atoms with van der Waals surface area (Å²) in [6, 6.07) is 5.95. The summed E-state index contributed by atoms with van der Waals surface area (Å²) >= 11 is 1.17. The molecule has 7 nitrogen and oxygen atoms in total. The molecule has 1 aromatic heterocycles. The molecule has 0 saturated heterocycles. The SMILES string of the molecule is CCCC(C)NC(=O)COC(=O)c1cc2cc([N+](=O)[O-])ccc2s1. The van der Waals surface area contributed by atoms with E-state index in [1.807, 2.05) is 13.8 Å². The number of non-ortho nitro benzene ring substituents is 1. The minimum atomic E-state index is -0.614. The number of rotatable bonds is 7. The van der Waals surface area contributed by atoms with Crippen LogP contribution < -0.4 is 5.32 Å². The molecule has 2 aromatic rings. The molecule has 128 valence electrons. The van der Waals surface area contributed by atoms with Crippen LogP contribution in [-0.2, 0) is 9.53 Å². The second-order valence-corrected chi connectivity index (χ2v) is 6.51. The van der Waals surface area contributed by atoms with Gasteiger partial charge in [0.15, 0.2) is 6.61 Å². The Morgan fingerprint density at radius 3 is 2.79 bits per heavy atom. The fraction of sp³-hybridized carbons (Fsp3) is 0.375. The maximum Gasteiger partial charge on any atom is 0.348 e. The fourth-order valence-electron chi connectivity index (χ4n) is 2.27. The van der Waals surface area contributed by atoms with Crippen molar-refractivity contribution in [1.29, 1.82) is 0 Å². The first-order valence-electron chi connectivity index (χ1n) is 7.55. The molecule has 1 N–H and O–H groups in total. The lowest BCUT2D eigenvalue weighted by molar-refractivity contribution is -0.384. The Balaban J connectivity index is 1.98. The van der Waals surface area contributed by atoms with E-state index >= 15 is 0 Å². The van der Waals surface area contributed by atoms with Crippen molar-refractivity contribution in [3.63, 3.8) is 0 Å². The summed E-state index contributed by atoms with van der Waals surface area (Å²) < 4.78 is 5.75. The number of ether oxygens (including phenoxy) is 1. The second-order valence-electron chi connectivity index (χ2n) is 5.42. The predicted octanol–water partition coefficient (Wildman–Crippen LogP) is 3.27. The number of hydrogen-bond donors (Lipinski definition) is 1. The number of nitrogens with one attached hydrogen (secondary N) is 1. The molecule has 0 saturated carbocycles. The van der Waals surface area contributed by atoms with Crippen molar-refractivity contribution in [2.45, 2.75) is 32.7 Å². The Kier molecular flexibility index (Phi) is 5.86. The van der Waals surface area contributed by atoms with Crippen molar-refractivity contribution in [3.05, 3.63) is 39.3 Å². The number of nitrogens with zero attached hydrogens (tertiary/aromatic N) is 1. The van der Waals surface area contributed by atoms with E-state index in [1.54, 1.807) is 6.07 Å². The van der Waals surface area contributed by atoms with Gasteiger partial charge in [-0.2, -0.15) is 0 Å². The van der Waals surface area contributed by atoms with Crippen LogP contribution in [0.25, 0.3) is 10.1 Å². The van der Waals surface area contributed by atoms with E-state index in [0.717, 1.165) is 17.5 Å². The van der Waals surface area contributed by atoms with Crippen molar-refractivity contribution >= 4 is 39.0 Å². The van der Waals surface area contributed by atoms with Crippen LogP contribution in [0.4, 0.5) is 5.69 Å². The highest BCUT2D eigenvalue weighted by molar-refractivity contribution is 7.20. The highest BCUT2D eigenvalue weighted by Gasteiger charge is 2.16. The van der Waals surface area contributed by atoms with Crippen molar-refractivity contribution in [1.82, 2.24) is 5.32 Å². The summed E-state index contributed by atoms with van der Waals surface area (Å²) in [5.74, 6) is -0.960. The zero-order valence-corrected chi connectivity index (χ0v) is 14.2. The first kappa shape index (κ1) is 17.9. The Morgan fingerprint density at radius 1 is 1.38 bits per heavy atom. The summed E-state index contributed by atoms with van der Waals surface area (Å²) in [7, 11) is 0. The number of benzene rings is 1. The fourth-order valence-corrected chi connectivity index (χ4v) is 3.21. The molecule has 0 bridgehead atoms. The molecule has 2 rings (SSSR count). The van der Waals surface area contributed by atoms with Crippen LogP contribution in [0.5, 0.6) is 0 Å². The van der Waals surface area contributed by atoms with Crippen LogP contribution in [0, 0.1) is 10.1 Å². The van der Waals surface area contributed by atoms with Gasteiger partial charge in [-0.05, 0) is 25.5 Å². The third kappa shape index (κ3) is 4.51. The number of fused-ring (bicyclic) bond motifs is 1. The number of esters is 1. The molecular weight excluding hydrogens is 332 g/mol. The Hall–Kier alpha value is -2.48.